The lowest BCUT2D eigenvalue weighted by atomic mass is 10.2. The first-order chi connectivity index (χ1) is 11.2. The van der Waals surface area contributed by atoms with Crippen LogP contribution in [-0.4, -0.2) is 11.1 Å². The molecule has 0 bridgehead atoms. The number of nitrogens with zero attached hydrogens (tertiary/aromatic N) is 2. The Morgan fingerprint density at radius 3 is 2.00 bits per heavy atom. The SMILES string of the molecule is CCN(c1ccccc1)c1cc(C)n(-c2ccccc2)c(=O)c1.Cl. The smallest absolute Gasteiger partial charge is 0.257 e. The van der Waals surface area contributed by atoms with Crippen molar-refractivity contribution in [2.24, 2.45) is 0 Å². The lowest BCUT2D eigenvalue weighted by Crippen LogP contribution is -2.24. The fraction of sp³-hybridized carbons (Fsp3) is 0.150. The highest BCUT2D eigenvalue weighted by atomic mass is 35.5. The number of rotatable bonds is 4. The summed E-state index contributed by atoms with van der Waals surface area (Å²) < 4.78 is 1.74. The molecule has 0 saturated carbocycles. The standard InChI is InChI=1S/C20H20N2O.ClH/c1-3-21(17-10-6-4-7-11-17)19-14-16(2)22(20(23)15-19)18-12-8-5-9-13-18;/h4-15H,3H2,1-2H3;1H. The van der Waals surface area contributed by atoms with Gasteiger partial charge in [-0.05, 0) is 44.2 Å². The Morgan fingerprint density at radius 1 is 0.875 bits per heavy atom. The number of pyridine rings is 1. The van der Waals surface area contributed by atoms with Crippen molar-refractivity contribution in [2.45, 2.75) is 13.8 Å². The number of anilines is 2. The molecule has 0 saturated heterocycles. The van der Waals surface area contributed by atoms with Crippen molar-refractivity contribution in [1.29, 1.82) is 0 Å². The Labute approximate surface area is 148 Å². The zero-order valence-corrected chi connectivity index (χ0v) is 14.7. The van der Waals surface area contributed by atoms with Gasteiger partial charge in [0.15, 0.2) is 0 Å². The van der Waals surface area contributed by atoms with Gasteiger partial charge in [-0.3, -0.25) is 9.36 Å². The van der Waals surface area contributed by atoms with Gasteiger partial charge >= 0.3 is 0 Å². The molecule has 3 nitrogen and oxygen atoms in total. The van der Waals surface area contributed by atoms with Gasteiger partial charge < -0.3 is 4.90 Å². The molecule has 1 aromatic heterocycles. The lowest BCUT2D eigenvalue weighted by molar-refractivity contribution is 0.920. The van der Waals surface area contributed by atoms with Gasteiger partial charge in [0.25, 0.3) is 5.56 Å². The fourth-order valence-electron chi connectivity index (χ4n) is 2.87. The summed E-state index contributed by atoms with van der Waals surface area (Å²) in [6.45, 7) is 4.86. The summed E-state index contributed by atoms with van der Waals surface area (Å²) in [7, 11) is 0. The predicted molar refractivity (Wildman–Crippen MR) is 103 cm³/mol. The molecule has 0 unspecified atom stereocenters. The van der Waals surface area contributed by atoms with E-state index in [0.29, 0.717) is 0 Å². The van der Waals surface area contributed by atoms with E-state index in [1.54, 1.807) is 10.6 Å². The lowest BCUT2D eigenvalue weighted by Gasteiger charge is -2.24. The Kier molecular flexibility index (Phi) is 5.83. The summed E-state index contributed by atoms with van der Waals surface area (Å²) in [6, 6.07) is 23.6. The van der Waals surface area contributed by atoms with E-state index in [0.717, 1.165) is 29.3 Å². The molecule has 2 aromatic carbocycles. The molecule has 0 aliphatic heterocycles. The van der Waals surface area contributed by atoms with E-state index in [2.05, 4.69) is 30.0 Å². The number of hydrogen-bond acceptors (Lipinski definition) is 2. The molecule has 124 valence electrons. The Morgan fingerprint density at radius 2 is 1.46 bits per heavy atom. The van der Waals surface area contributed by atoms with Crippen LogP contribution in [0.2, 0.25) is 0 Å². The van der Waals surface area contributed by atoms with Gasteiger partial charge in [-0.2, -0.15) is 0 Å². The molecular weight excluding hydrogens is 320 g/mol. The van der Waals surface area contributed by atoms with Crippen molar-refractivity contribution < 1.29 is 0 Å². The maximum Gasteiger partial charge on any atom is 0.257 e. The van der Waals surface area contributed by atoms with E-state index in [1.165, 1.54) is 0 Å². The van der Waals surface area contributed by atoms with E-state index < -0.39 is 0 Å². The molecule has 24 heavy (non-hydrogen) atoms. The van der Waals surface area contributed by atoms with Crippen LogP contribution >= 0.6 is 12.4 Å². The summed E-state index contributed by atoms with van der Waals surface area (Å²) >= 11 is 0. The van der Waals surface area contributed by atoms with Crippen molar-refractivity contribution in [3.8, 4) is 5.69 Å². The second-order valence-electron chi connectivity index (χ2n) is 5.44. The van der Waals surface area contributed by atoms with E-state index in [4.69, 9.17) is 0 Å². The van der Waals surface area contributed by atoms with Crippen molar-refractivity contribution >= 4 is 23.8 Å². The first-order valence-corrected chi connectivity index (χ1v) is 7.82. The molecular formula is C20H21ClN2O. The average molecular weight is 341 g/mol. The fourth-order valence-corrected chi connectivity index (χ4v) is 2.87. The molecule has 0 aliphatic carbocycles. The second kappa shape index (κ2) is 7.84. The normalized spacial score (nSPS) is 10.1. The number of aryl methyl sites for hydroxylation is 1. The second-order valence-corrected chi connectivity index (χ2v) is 5.44. The van der Waals surface area contributed by atoms with Gasteiger partial charge in [-0.1, -0.05) is 36.4 Å². The predicted octanol–water partition coefficient (Wildman–Crippen LogP) is 4.73. The average Bonchev–Trinajstić information content (AvgIpc) is 2.57. The maximum atomic E-state index is 12.6. The zero-order chi connectivity index (χ0) is 16.2. The molecule has 3 aromatic rings. The third kappa shape index (κ3) is 3.52. The van der Waals surface area contributed by atoms with Gasteiger partial charge in [0.05, 0.1) is 0 Å². The molecule has 0 fully saturated rings. The highest BCUT2D eigenvalue weighted by Crippen LogP contribution is 2.24. The van der Waals surface area contributed by atoms with Crippen LogP contribution < -0.4 is 10.5 Å². The van der Waals surface area contributed by atoms with Crippen molar-refractivity contribution in [3.05, 3.63) is 88.8 Å². The van der Waals surface area contributed by atoms with Crippen LogP contribution in [-0.2, 0) is 0 Å². The summed E-state index contributed by atoms with van der Waals surface area (Å²) in [5.41, 5.74) is 3.82. The molecule has 4 heteroatoms. The minimum Gasteiger partial charge on any atom is -0.342 e. The van der Waals surface area contributed by atoms with Crippen LogP contribution in [0.25, 0.3) is 5.69 Å². The third-order valence-corrected chi connectivity index (χ3v) is 3.91. The van der Waals surface area contributed by atoms with E-state index in [1.807, 2.05) is 55.5 Å². The first-order valence-electron chi connectivity index (χ1n) is 7.82. The largest absolute Gasteiger partial charge is 0.342 e. The minimum absolute atomic E-state index is 0. The summed E-state index contributed by atoms with van der Waals surface area (Å²) in [5, 5.41) is 0. The molecule has 1 heterocycles. The molecule has 0 spiro atoms. The van der Waals surface area contributed by atoms with Crippen LogP contribution in [0.4, 0.5) is 11.4 Å². The Balaban J connectivity index is 0.00000208. The van der Waals surface area contributed by atoms with E-state index in [-0.39, 0.29) is 18.0 Å². The Hall–Kier alpha value is -2.52. The molecule has 0 N–H and O–H groups in total. The van der Waals surface area contributed by atoms with Crippen LogP contribution in [0.5, 0.6) is 0 Å². The molecule has 0 aliphatic rings. The van der Waals surface area contributed by atoms with Crippen molar-refractivity contribution in [1.82, 2.24) is 4.57 Å². The summed E-state index contributed by atoms with van der Waals surface area (Å²) in [4.78, 5) is 14.8. The van der Waals surface area contributed by atoms with Crippen molar-refractivity contribution in [3.63, 3.8) is 0 Å². The monoisotopic (exact) mass is 340 g/mol. The number of halogens is 1. The van der Waals surface area contributed by atoms with Gasteiger partial charge in [-0.25, -0.2) is 0 Å². The van der Waals surface area contributed by atoms with Gasteiger partial charge in [-0.15, -0.1) is 12.4 Å². The van der Waals surface area contributed by atoms with Crippen LogP contribution in [0.1, 0.15) is 12.6 Å². The molecule has 0 radical (unpaired) electrons. The van der Waals surface area contributed by atoms with E-state index in [9.17, 15) is 4.79 Å². The third-order valence-electron chi connectivity index (χ3n) is 3.91. The van der Waals surface area contributed by atoms with Gasteiger partial charge in [0, 0.05) is 35.4 Å². The minimum atomic E-state index is -0.0134. The first kappa shape index (κ1) is 17.8. The van der Waals surface area contributed by atoms with Crippen LogP contribution in [0, 0.1) is 6.92 Å². The van der Waals surface area contributed by atoms with Gasteiger partial charge in [0.2, 0.25) is 0 Å². The zero-order valence-electron chi connectivity index (χ0n) is 13.8. The molecule has 3 rings (SSSR count). The highest BCUT2D eigenvalue weighted by molar-refractivity contribution is 5.85. The Bertz CT molecular complexity index is 845. The van der Waals surface area contributed by atoms with Crippen LogP contribution in [0.15, 0.2) is 77.6 Å². The summed E-state index contributed by atoms with van der Waals surface area (Å²) in [6.07, 6.45) is 0. The topological polar surface area (TPSA) is 25.2 Å². The van der Waals surface area contributed by atoms with Gasteiger partial charge in [0.1, 0.15) is 0 Å². The van der Waals surface area contributed by atoms with Crippen LogP contribution in [0.3, 0.4) is 0 Å². The molecule has 0 amide bonds. The quantitative estimate of drug-likeness (QED) is 0.686. The van der Waals surface area contributed by atoms with Crippen molar-refractivity contribution in [2.75, 3.05) is 11.4 Å². The number of aromatic nitrogens is 1. The number of hydrogen-bond donors (Lipinski definition) is 0. The van der Waals surface area contributed by atoms with E-state index >= 15 is 0 Å². The molecule has 0 atom stereocenters. The number of para-hydroxylation sites is 2. The number of benzene rings is 2. The maximum absolute atomic E-state index is 12.6. The highest BCUT2D eigenvalue weighted by Gasteiger charge is 2.11. The summed E-state index contributed by atoms with van der Waals surface area (Å²) in [5.74, 6) is 0.